The van der Waals surface area contributed by atoms with Crippen LogP contribution in [0.15, 0.2) is 40.9 Å². The molecule has 21 heavy (non-hydrogen) atoms. The molecule has 1 amide bonds. The minimum Gasteiger partial charge on any atom is -0.508 e. The number of hydrogen-bond donors (Lipinski definition) is 3. The Labute approximate surface area is 129 Å². The number of phenols is 1. The highest BCUT2D eigenvalue weighted by Crippen LogP contribution is 2.22. The molecule has 2 aromatic carbocycles. The predicted molar refractivity (Wildman–Crippen MR) is 81.9 cm³/mol. The van der Waals surface area contributed by atoms with E-state index >= 15 is 0 Å². The van der Waals surface area contributed by atoms with Crippen LogP contribution >= 0.6 is 15.9 Å². The number of anilines is 1. The van der Waals surface area contributed by atoms with Crippen molar-refractivity contribution in [3.05, 3.63) is 57.6 Å². The van der Waals surface area contributed by atoms with Crippen LogP contribution in [0.4, 0.5) is 5.69 Å². The van der Waals surface area contributed by atoms with E-state index in [1.165, 1.54) is 12.1 Å². The van der Waals surface area contributed by atoms with Crippen LogP contribution < -0.4 is 5.32 Å². The van der Waals surface area contributed by atoms with Crippen LogP contribution in [0, 0.1) is 6.92 Å². The maximum atomic E-state index is 12.1. The minimum atomic E-state index is -1.09. The molecule has 0 aliphatic rings. The van der Waals surface area contributed by atoms with Gasteiger partial charge in [0.2, 0.25) is 0 Å². The number of benzene rings is 2. The summed E-state index contributed by atoms with van der Waals surface area (Å²) in [6.45, 7) is 1.73. The smallest absolute Gasteiger partial charge is 0.336 e. The van der Waals surface area contributed by atoms with Gasteiger partial charge in [-0.15, -0.1) is 0 Å². The van der Waals surface area contributed by atoms with Crippen LogP contribution in [-0.2, 0) is 0 Å². The molecule has 0 radical (unpaired) electrons. The zero-order chi connectivity index (χ0) is 15.6. The quantitative estimate of drug-likeness (QED) is 0.792. The second-order valence-corrected chi connectivity index (χ2v) is 5.31. The lowest BCUT2D eigenvalue weighted by molar-refractivity contribution is 0.0695. The van der Waals surface area contributed by atoms with Crippen LogP contribution in [0.5, 0.6) is 5.75 Å². The lowest BCUT2D eigenvalue weighted by Crippen LogP contribution is -2.12. The van der Waals surface area contributed by atoms with Crippen molar-refractivity contribution in [2.75, 3.05) is 5.32 Å². The monoisotopic (exact) mass is 349 g/mol. The maximum Gasteiger partial charge on any atom is 0.336 e. The third kappa shape index (κ3) is 3.41. The Kier molecular flexibility index (Phi) is 4.28. The van der Waals surface area contributed by atoms with Crippen molar-refractivity contribution in [2.45, 2.75) is 6.92 Å². The first-order chi connectivity index (χ1) is 9.88. The number of carboxylic acids is 1. The zero-order valence-corrected chi connectivity index (χ0v) is 12.6. The fourth-order valence-corrected chi connectivity index (χ4v) is 2.14. The molecular weight excluding hydrogens is 338 g/mol. The van der Waals surface area contributed by atoms with Crippen molar-refractivity contribution in [2.24, 2.45) is 0 Å². The maximum absolute atomic E-state index is 12.1. The number of hydrogen-bond acceptors (Lipinski definition) is 3. The number of halogens is 1. The molecule has 5 nitrogen and oxygen atoms in total. The molecule has 108 valence electrons. The standard InChI is InChI=1S/C15H12BrNO4/c1-8-2-3-9(6-13(8)18)14(19)17-10-4-5-12(16)11(7-10)15(20)21/h2-7,18H,1H3,(H,17,19)(H,20,21). The molecule has 0 saturated carbocycles. The van der Waals surface area contributed by atoms with Gasteiger partial charge in [0.1, 0.15) is 5.75 Å². The third-order valence-corrected chi connectivity index (χ3v) is 3.62. The summed E-state index contributed by atoms with van der Waals surface area (Å²) in [5.74, 6) is -1.49. The molecule has 0 atom stereocenters. The zero-order valence-electron chi connectivity index (χ0n) is 11.1. The Bertz CT molecular complexity index is 728. The van der Waals surface area contributed by atoms with Crippen LogP contribution in [0.1, 0.15) is 26.3 Å². The van der Waals surface area contributed by atoms with Crippen molar-refractivity contribution in [3.8, 4) is 5.75 Å². The topological polar surface area (TPSA) is 86.6 Å². The van der Waals surface area contributed by atoms with Crippen molar-refractivity contribution < 1.29 is 19.8 Å². The van der Waals surface area contributed by atoms with Crippen molar-refractivity contribution >= 4 is 33.5 Å². The van der Waals surface area contributed by atoms with Gasteiger partial charge < -0.3 is 15.5 Å². The first-order valence-corrected chi connectivity index (χ1v) is 6.81. The molecule has 0 fully saturated rings. The number of aromatic carboxylic acids is 1. The Hall–Kier alpha value is -2.34. The summed E-state index contributed by atoms with van der Waals surface area (Å²) in [7, 11) is 0. The average Bonchev–Trinajstić information content (AvgIpc) is 2.43. The molecule has 3 N–H and O–H groups in total. The van der Waals surface area contributed by atoms with Crippen LogP contribution in [0.2, 0.25) is 0 Å². The molecule has 0 unspecified atom stereocenters. The minimum absolute atomic E-state index is 0.0321. The van der Waals surface area contributed by atoms with E-state index in [4.69, 9.17) is 5.11 Å². The van der Waals surface area contributed by atoms with E-state index in [0.717, 1.165) is 0 Å². The second kappa shape index (κ2) is 5.97. The third-order valence-electron chi connectivity index (χ3n) is 2.93. The Morgan fingerprint density at radius 3 is 2.48 bits per heavy atom. The number of amides is 1. The fourth-order valence-electron chi connectivity index (χ4n) is 1.72. The summed E-state index contributed by atoms with van der Waals surface area (Å²) in [6.07, 6.45) is 0. The van der Waals surface area contributed by atoms with Crippen LogP contribution in [0.25, 0.3) is 0 Å². The van der Waals surface area contributed by atoms with Gasteiger partial charge in [-0.3, -0.25) is 4.79 Å². The van der Waals surface area contributed by atoms with Gasteiger partial charge in [0, 0.05) is 15.7 Å². The molecular formula is C15H12BrNO4. The summed E-state index contributed by atoms with van der Waals surface area (Å²) in [5.41, 5.74) is 1.38. The molecule has 2 rings (SSSR count). The summed E-state index contributed by atoms with van der Waals surface area (Å²) >= 11 is 3.13. The van der Waals surface area contributed by atoms with Gasteiger partial charge in [0.25, 0.3) is 5.91 Å². The molecule has 0 spiro atoms. The van der Waals surface area contributed by atoms with Gasteiger partial charge in [-0.25, -0.2) is 4.79 Å². The SMILES string of the molecule is Cc1ccc(C(=O)Nc2ccc(Br)c(C(=O)O)c2)cc1O. The van der Waals surface area contributed by atoms with Crippen LogP contribution in [0.3, 0.4) is 0 Å². The Morgan fingerprint density at radius 2 is 1.86 bits per heavy atom. The van der Waals surface area contributed by atoms with Crippen molar-refractivity contribution in [3.63, 3.8) is 0 Å². The van der Waals surface area contributed by atoms with E-state index in [9.17, 15) is 14.7 Å². The van der Waals surface area contributed by atoms with Crippen LogP contribution in [-0.4, -0.2) is 22.1 Å². The first kappa shape index (κ1) is 15.1. The van der Waals surface area contributed by atoms with Crippen molar-refractivity contribution in [1.29, 1.82) is 0 Å². The highest BCUT2D eigenvalue weighted by molar-refractivity contribution is 9.10. The number of carboxylic acid groups (broad SMARTS) is 1. The van der Waals surface area contributed by atoms with Gasteiger partial charge >= 0.3 is 5.97 Å². The number of rotatable bonds is 3. The summed E-state index contributed by atoms with van der Waals surface area (Å²) < 4.78 is 0.431. The number of aromatic hydroxyl groups is 1. The van der Waals surface area contributed by atoms with E-state index in [2.05, 4.69) is 21.2 Å². The van der Waals surface area contributed by atoms with Gasteiger partial charge in [0.15, 0.2) is 0 Å². The van der Waals surface area contributed by atoms with E-state index in [0.29, 0.717) is 15.7 Å². The van der Waals surface area contributed by atoms with Gasteiger partial charge in [-0.05, 0) is 58.7 Å². The lowest BCUT2D eigenvalue weighted by atomic mass is 10.1. The van der Waals surface area contributed by atoms with E-state index in [1.807, 2.05) is 0 Å². The average molecular weight is 350 g/mol. The molecule has 2 aromatic rings. The first-order valence-electron chi connectivity index (χ1n) is 6.02. The molecule has 0 aliphatic carbocycles. The normalized spacial score (nSPS) is 10.2. The Morgan fingerprint density at radius 1 is 1.14 bits per heavy atom. The van der Waals surface area contributed by atoms with Gasteiger partial charge in [-0.2, -0.15) is 0 Å². The predicted octanol–water partition coefficient (Wildman–Crippen LogP) is 3.41. The molecule has 6 heteroatoms. The fraction of sp³-hybridized carbons (Fsp3) is 0.0667. The summed E-state index contributed by atoms with van der Waals surface area (Å²) in [4.78, 5) is 23.1. The molecule has 0 saturated heterocycles. The number of aryl methyl sites for hydroxylation is 1. The summed E-state index contributed by atoms with van der Waals surface area (Å²) in [5, 5.41) is 21.2. The van der Waals surface area contributed by atoms with Crippen molar-refractivity contribution in [1.82, 2.24) is 0 Å². The molecule has 0 aliphatic heterocycles. The second-order valence-electron chi connectivity index (χ2n) is 4.46. The number of nitrogens with one attached hydrogen (secondary N) is 1. The summed E-state index contributed by atoms with van der Waals surface area (Å²) in [6, 6.07) is 9.07. The lowest BCUT2D eigenvalue weighted by Gasteiger charge is -2.08. The largest absolute Gasteiger partial charge is 0.508 e. The Balaban J connectivity index is 2.25. The molecule has 0 aromatic heterocycles. The van der Waals surface area contributed by atoms with Gasteiger partial charge in [-0.1, -0.05) is 6.07 Å². The van der Waals surface area contributed by atoms with E-state index < -0.39 is 11.9 Å². The molecule has 0 bridgehead atoms. The number of carbonyl (C=O) groups excluding carboxylic acids is 1. The molecule has 0 heterocycles. The number of phenolic OH excluding ortho intramolecular Hbond substituents is 1. The number of carbonyl (C=O) groups is 2. The van der Waals surface area contributed by atoms with Gasteiger partial charge in [0.05, 0.1) is 5.56 Å². The highest BCUT2D eigenvalue weighted by Gasteiger charge is 2.12. The van der Waals surface area contributed by atoms with E-state index in [1.54, 1.807) is 31.2 Å². The van der Waals surface area contributed by atoms with E-state index in [-0.39, 0.29) is 16.9 Å². The highest BCUT2D eigenvalue weighted by atomic mass is 79.9.